The van der Waals surface area contributed by atoms with Gasteiger partial charge in [-0.2, -0.15) is 0 Å². The second kappa shape index (κ2) is 5.58. The average molecular weight is 186 g/mol. The molecule has 1 saturated heterocycles. The van der Waals surface area contributed by atoms with Crippen molar-refractivity contribution in [2.45, 2.75) is 44.7 Å². The minimum atomic E-state index is 0.263. The topological polar surface area (TPSA) is 49.5 Å². The maximum atomic E-state index is 8.76. The van der Waals surface area contributed by atoms with Gasteiger partial charge in [0.2, 0.25) is 0 Å². The second-order valence-corrected chi connectivity index (χ2v) is 4.04. The maximum Gasteiger partial charge on any atom is 0.0443 e. The number of nitrogens with zero attached hydrogens (tertiary/aromatic N) is 1. The molecular formula is C10H22N2O. The Morgan fingerprint density at radius 3 is 2.92 bits per heavy atom. The highest BCUT2D eigenvalue weighted by atomic mass is 16.3. The molecule has 3 heteroatoms. The van der Waals surface area contributed by atoms with Crippen molar-refractivity contribution in [3.8, 4) is 0 Å². The summed E-state index contributed by atoms with van der Waals surface area (Å²) >= 11 is 0. The van der Waals surface area contributed by atoms with E-state index in [2.05, 4.69) is 11.8 Å². The summed E-state index contributed by atoms with van der Waals surface area (Å²) in [6.07, 6.45) is 4.70. The van der Waals surface area contributed by atoms with E-state index in [4.69, 9.17) is 10.8 Å². The van der Waals surface area contributed by atoms with Crippen molar-refractivity contribution in [3.05, 3.63) is 0 Å². The maximum absolute atomic E-state index is 8.76. The van der Waals surface area contributed by atoms with Crippen LogP contribution in [0.25, 0.3) is 0 Å². The van der Waals surface area contributed by atoms with Gasteiger partial charge in [0, 0.05) is 25.2 Å². The number of hydrogen-bond acceptors (Lipinski definition) is 3. The Hall–Kier alpha value is -0.120. The third kappa shape index (κ3) is 3.25. The van der Waals surface area contributed by atoms with Gasteiger partial charge in [-0.25, -0.2) is 0 Å². The number of piperidine rings is 1. The molecule has 78 valence electrons. The Morgan fingerprint density at radius 1 is 1.54 bits per heavy atom. The number of nitrogens with two attached hydrogens (primary N) is 1. The zero-order valence-corrected chi connectivity index (χ0v) is 8.58. The minimum Gasteiger partial charge on any atom is -0.396 e. The van der Waals surface area contributed by atoms with Gasteiger partial charge >= 0.3 is 0 Å². The highest BCUT2D eigenvalue weighted by Crippen LogP contribution is 2.18. The second-order valence-electron chi connectivity index (χ2n) is 4.04. The van der Waals surface area contributed by atoms with Crippen LogP contribution in [0.5, 0.6) is 0 Å². The number of hydrogen-bond donors (Lipinski definition) is 2. The average Bonchev–Trinajstić information content (AvgIpc) is 2.15. The molecule has 1 fully saturated rings. The fourth-order valence-electron chi connectivity index (χ4n) is 2.16. The van der Waals surface area contributed by atoms with Crippen molar-refractivity contribution in [2.75, 3.05) is 19.7 Å². The smallest absolute Gasteiger partial charge is 0.0443 e. The van der Waals surface area contributed by atoms with Crippen LogP contribution in [-0.4, -0.2) is 41.8 Å². The molecule has 13 heavy (non-hydrogen) atoms. The summed E-state index contributed by atoms with van der Waals surface area (Å²) in [6.45, 7) is 4.54. The van der Waals surface area contributed by atoms with E-state index in [1.54, 1.807) is 0 Å². The largest absolute Gasteiger partial charge is 0.396 e. The molecule has 0 aromatic rings. The third-order valence-electron chi connectivity index (χ3n) is 2.87. The standard InChI is InChI=1S/C10H22N2O/c1-9(11)10-5-2-3-6-12(10)7-4-8-13/h9-10,13H,2-8,11H2,1H3. The summed E-state index contributed by atoms with van der Waals surface area (Å²) in [5, 5.41) is 8.76. The first-order valence-electron chi connectivity index (χ1n) is 5.36. The predicted molar refractivity (Wildman–Crippen MR) is 54.6 cm³/mol. The molecule has 0 aromatic heterocycles. The normalized spacial score (nSPS) is 27.5. The van der Waals surface area contributed by atoms with Crippen LogP contribution in [-0.2, 0) is 0 Å². The highest BCUT2D eigenvalue weighted by molar-refractivity contribution is 4.82. The van der Waals surface area contributed by atoms with Crippen molar-refractivity contribution >= 4 is 0 Å². The SMILES string of the molecule is CC(N)C1CCCCN1CCCO. The molecular weight excluding hydrogens is 164 g/mol. The molecule has 1 rings (SSSR count). The molecule has 1 aliphatic heterocycles. The van der Waals surface area contributed by atoms with Gasteiger partial charge in [-0.1, -0.05) is 6.42 Å². The van der Waals surface area contributed by atoms with Crippen LogP contribution < -0.4 is 5.73 Å². The van der Waals surface area contributed by atoms with Gasteiger partial charge in [-0.3, -0.25) is 4.90 Å². The van der Waals surface area contributed by atoms with Crippen LogP contribution in [0.4, 0.5) is 0 Å². The number of aliphatic hydroxyl groups excluding tert-OH is 1. The van der Waals surface area contributed by atoms with Crippen LogP contribution in [0.2, 0.25) is 0 Å². The fraction of sp³-hybridized carbons (Fsp3) is 1.00. The Bertz CT molecular complexity index is 139. The molecule has 2 atom stereocenters. The summed E-state index contributed by atoms with van der Waals surface area (Å²) in [7, 11) is 0. The molecule has 0 amide bonds. The summed E-state index contributed by atoms with van der Waals surface area (Å²) in [6, 6.07) is 0.805. The van der Waals surface area contributed by atoms with Crippen molar-refractivity contribution in [1.82, 2.24) is 4.90 Å². The van der Waals surface area contributed by atoms with E-state index in [-0.39, 0.29) is 6.04 Å². The van der Waals surface area contributed by atoms with E-state index in [1.807, 2.05) is 0 Å². The summed E-state index contributed by atoms with van der Waals surface area (Å²) in [4.78, 5) is 2.43. The zero-order valence-electron chi connectivity index (χ0n) is 8.58. The fourth-order valence-corrected chi connectivity index (χ4v) is 2.16. The molecule has 3 N–H and O–H groups in total. The van der Waals surface area contributed by atoms with Gasteiger partial charge in [-0.15, -0.1) is 0 Å². The lowest BCUT2D eigenvalue weighted by Gasteiger charge is -2.37. The lowest BCUT2D eigenvalue weighted by atomic mass is 9.97. The van der Waals surface area contributed by atoms with Crippen LogP contribution in [0, 0.1) is 0 Å². The molecule has 0 bridgehead atoms. The molecule has 2 unspecified atom stereocenters. The third-order valence-corrected chi connectivity index (χ3v) is 2.87. The lowest BCUT2D eigenvalue weighted by molar-refractivity contribution is 0.120. The minimum absolute atomic E-state index is 0.263. The molecule has 3 nitrogen and oxygen atoms in total. The van der Waals surface area contributed by atoms with Gasteiger partial charge in [0.15, 0.2) is 0 Å². The van der Waals surface area contributed by atoms with Crippen LogP contribution in [0.1, 0.15) is 32.6 Å². The van der Waals surface area contributed by atoms with Crippen molar-refractivity contribution in [3.63, 3.8) is 0 Å². The number of likely N-dealkylation sites (tertiary alicyclic amines) is 1. The van der Waals surface area contributed by atoms with E-state index in [1.165, 1.54) is 19.3 Å². The van der Waals surface area contributed by atoms with E-state index >= 15 is 0 Å². The summed E-state index contributed by atoms with van der Waals surface area (Å²) in [5.41, 5.74) is 5.93. The first-order valence-corrected chi connectivity index (χ1v) is 5.36. The van der Waals surface area contributed by atoms with Gasteiger partial charge in [0.05, 0.1) is 0 Å². The predicted octanol–water partition coefficient (Wildman–Crippen LogP) is 0.570. The van der Waals surface area contributed by atoms with E-state index in [9.17, 15) is 0 Å². The van der Waals surface area contributed by atoms with Gasteiger partial charge < -0.3 is 10.8 Å². The molecule has 0 aliphatic carbocycles. The van der Waals surface area contributed by atoms with E-state index in [0.29, 0.717) is 12.6 Å². The summed E-state index contributed by atoms with van der Waals surface area (Å²) < 4.78 is 0. The van der Waals surface area contributed by atoms with Crippen molar-refractivity contribution in [2.24, 2.45) is 5.73 Å². The molecule has 0 aromatic carbocycles. The Morgan fingerprint density at radius 2 is 2.31 bits per heavy atom. The molecule has 1 aliphatic rings. The van der Waals surface area contributed by atoms with Gasteiger partial charge in [-0.05, 0) is 32.7 Å². The quantitative estimate of drug-likeness (QED) is 0.675. The molecule has 0 radical (unpaired) electrons. The Balaban J connectivity index is 2.37. The molecule has 1 heterocycles. The first kappa shape index (κ1) is 11.0. The van der Waals surface area contributed by atoms with E-state index in [0.717, 1.165) is 19.5 Å². The van der Waals surface area contributed by atoms with Crippen LogP contribution in [0.15, 0.2) is 0 Å². The van der Waals surface area contributed by atoms with Crippen LogP contribution in [0.3, 0.4) is 0 Å². The Kier molecular flexibility index (Phi) is 4.70. The molecule has 0 saturated carbocycles. The van der Waals surface area contributed by atoms with E-state index < -0.39 is 0 Å². The van der Waals surface area contributed by atoms with Crippen molar-refractivity contribution in [1.29, 1.82) is 0 Å². The first-order chi connectivity index (χ1) is 6.25. The van der Waals surface area contributed by atoms with Crippen molar-refractivity contribution < 1.29 is 5.11 Å². The monoisotopic (exact) mass is 186 g/mol. The summed E-state index contributed by atoms with van der Waals surface area (Å²) in [5.74, 6) is 0. The molecule has 0 spiro atoms. The Labute approximate surface area is 80.9 Å². The van der Waals surface area contributed by atoms with Gasteiger partial charge in [0.1, 0.15) is 0 Å². The number of rotatable bonds is 4. The number of aliphatic hydroxyl groups is 1. The van der Waals surface area contributed by atoms with Gasteiger partial charge in [0.25, 0.3) is 0 Å². The zero-order chi connectivity index (χ0) is 9.68. The highest BCUT2D eigenvalue weighted by Gasteiger charge is 2.24. The lowest BCUT2D eigenvalue weighted by Crippen LogP contribution is -2.49. The van der Waals surface area contributed by atoms with Crippen LogP contribution >= 0.6 is 0 Å².